The molecule has 8 aromatic rings. The lowest BCUT2D eigenvalue weighted by atomic mass is 10.1. The predicted octanol–water partition coefficient (Wildman–Crippen LogP) is 9.28. The highest BCUT2D eigenvalue weighted by Gasteiger charge is 2.18. The zero-order valence-corrected chi connectivity index (χ0v) is 26.3. The molecule has 6 aromatic carbocycles. The van der Waals surface area contributed by atoms with Crippen LogP contribution in [0.3, 0.4) is 0 Å². The van der Waals surface area contributed by atoms with Crippen LogP contribution in [0, 0.1) is 0 Å². The van der Waals surface area contributed by atoms with Crippen LogP contribution in [-0.4, -0.2) is 37.0 Å². The Bertz CT molecular complexity index is 1980. The van der Waals surface area contributed by atoms with Gasteiger partial charge in [-0.2, -0.15) is 9.59 Å². The fourth-order valence-corrected chi connectivity index (χ4v) is 5.77. The first-order valence-electron chi connectivity index (χ1n) is 15.8. The van der Waals surface area contributed by atoms with Crippen molar-refractivity contribution in [3.05, 3.63) is 170 Å². The molecule has 0 aliphatic carbocycles. The van der Waals surface area contributed by atoms with E-state index >= 15 is 0 Å². The summed E-state index contributed by atoms with van der Waals surface area (Å²) in [6.07, 6.45) is 0. The Balaban J connectivity index is 1.06. The molecule has 230 valence electrons. The third kappa shape index (κ3) is 5.65. The monoisotopic (exact) mass is 621 g/mol. The van der Waals surface area contributed by atoms with Crippen molar-refractivity contribution in [2.75, 3.05) is 11.9 Å². The lowest BCUT2D eigenvalue weighted by molar-refractivity contribution is 0.755. The Labute approximate surface area is 279 Å². The number of nitrogens with zero attached hydrogens (tertiary/aromatic N) is 7. The lowest BCUT2D eigenvalue weighted by Crippen LogP contribution is -2.10. The van der Waals surface area contributed by atoms with Crippen molar-refractivity contribution in [2.24, 2.45) is 0 Å². The number of hydrogen-bond donors (Lipinski definition) is 0. The maximum absolute atomic E-state index is 4.92. The fourth-order valence-electron chi connectivity index (χ4n) is 5.77. The van der Waals surface area contributed by atoms with Crippen molar-refractivity contribution in [1.29, 1.82) is 0 Å². The van der Waals surface area contributed by atoms with Crippen LogP contribution in [0.5, 0.6) is 0 Å². The van der Waals surface area contributed by atoms with Gasteiger partial charge in [-0.1, -0.05) is 121 Å². The van der Waals surface area contributed by atoms with Crippen LogP contribution in [0.15, 0.2) is 170 Å². The second kappa shape index (κ2) is 12.7. The molecule has 0 aliphatic heterocycles. The summed E-state index contributed by atoms with van der Waals surface area (Å²) in [5.41, 5.74) is 11.4. The molecule has 0 spiro atoms. The van der Waals surface area contributed by atoms with Gasteiger partial charge in [0.15, 0.2) is 0 Å². The summed E-state index contributed by atoms with van der Waals surface area (Å²) in [7, 11) is 2.06. The summed E-state index contributed by atoms with van der Waals surface area (Å²) < 4.78 is 0. The Morgan fingerprint density at radius 2 is 0.583 bits per heavy atom. The van der Waals surface area contributed by atoms with Gasteiger partial charge in [-0.25, -0.2) is 0 Å². The third-order valence-corrected chi connectivity index (χ3v) is 8.35. The molecule has 0 unspecified atom stereocenters. The van der Waals surface area contributed by atoms with Crippen molar-refractivity contribution >= 4 is 11.4 Å². The van der Waals surface area contributed by atoms with E-state index in [1.54, 1.807) is 9.59 Å². The summed E-state index contributed by atoms with van der Waals surface area (Å²) >= 11 is 0. The summed E-state index contributed by atoms with van der Waals surface area (Å²) in [6.45, 7) is 0. The highest BCUT2D eigenvalue weighted by Crippen LogP contribution is 2.32. The van der Waals surface area contributed by atoms with E-state index in [9.17, 15) is 0 Å². The van der Waals surface area contributed by atoms with E-state index in [0.717, 1.165) is 67.8 Å². The van der Waals surface area contributed by atoms with E-state index in [1.807, 2.05) is 97.1 Å². The minimum absolute atomic E-state index is 0.849. The van der Waals surface area contributed by atoms with Gasteiger partial charge in [0.2, 0.25) is 0 Å². The molecule has 7 heteroatoms. The zero-order valence-electron chi connectivity index (χ0n) is 26.3. The summed E-state index contributed by atoms with van der Waals surface area (Å²) in [5.74, 6) is 0. The second-order valence-corrected chi connectivity index (χ2v) is 11.4. The summed E-state index contributed by atoms with van der Waals surface area (Å²) in [5, 5.41) is 19.7. The number of anilines is 2. The van der Waals surface area contributed by atoms with Gasteiger partial charge in [0.25, 0.3) is 0 Å². The van der Waals surface area contributed by atoms with E-state index in [2.05, 4.69) is 84.7 Å². The molecule has 0 radical (unpaired) electrons. The highest BCUT2D eigenvalue weighted by atomic mass is 15.5. The van der Waals surface area contributed by atoms with Crippen LogP contribution >= 0.6 is 0 Å². The van der Waals surface area contributed by atoms with E-state index < -0.39 is 0 Å². The Morgan fingerprint density at radius 3 is 0.833 bits per heavy atom. The summed E-state index contributed by atoms with van der Waals surface area (Å²) in [4.78, 5) is 5.58. The largest absolute Gasteiger partial charge is 0.345 e. The number of benzene rings is 6. The molecule has 0 amide bonds. The maximum Gasteiger partial charge on any atom is 0.121 e. The van der Waals surface area contributed by atoms with Gasteiger partial charge in [0.1, 0.15) is 22.8 Å². The van der Waals surface area contributed by atoms with Crippen LogP contribution < -0.4 is 4.90 Å². The number of hydrogen-bond acceptors (Lipinski definition) is 5. The van der Waals surface area contributed by atoms with E-state index in [-0.39, 0.29) is 0 Å². The molecule has 0 fully saturated rings. The van der Waals surface area contributed by atoms with Crippen molar-refractivity contribution in [1.82, 2.24) is 30.0 Å². The maximum atomic E-state index is 4.92. The molecule has 2 aromatic heterocycles. The molecule has 2 heterocycles. The molecule has 0 atom stereocenters. The van der Waals surface area contributed by atoms with Crippen LogP contribution in [0.4, 0.5) is 11.4 Å². The quantitative estimate of drug-likeness (QED) is 0.169. The molecule has 7 nitrogen and oxygen atoms in total. The first-order valence-corrected chi connectivity index (χ1v) is 15.8. The third-order valence-electron chi connectivity index (χ3n) is 8.35. The average Bonchev–Trinajstić information content (AvgIpc) is 3.83. The smallest absolute Gasteiger partial charge is 0.121 e. The molecule has 0 bridgehead atoms. The van der Waals surface area contributed by atoms with E-state index in [0.29, 0.717) is 0 Å². The van der Waals surface area contributed by atoms with Gasteiger partial charge < -0.3 is 4.90 Å². The second-order valence-electron chi connectivity index (χ2n) is 11.4. The zero-order chi connectivity index (χ0) is 32.3. The Morgan fingerprint density at radius 1 is 0.333 bits per heavy atom. The minimum Gasteiger partial charge on any atom is -0.345 e. The van der Waals surface area contributed by atoms with Crippen LogP contribution in [0.25, 0.3) is 56.4 Å². The molecular weight excluding hydrogens is 591 g/mol. The highest BCUT2D eigenvalue weighted by molar-refractivity contribution is 5.79. The standard InChI is InChI=1S/C41H31N7/c1-46(34-22-26-36(27-23-34)47-42-38(30-14-6-2-7-15-30)39(43-47)31-16-8-3-9-17-31)35-24-28-37(29-25-35)48-44-40(32-18-10-4-11-19-32)41(45-48)33-20-12-5-13-21-33/h2-29H,1H3. The molecule has 8 rings (SSSR count). The SMILES string of the molecule is CN(c1ccc(-n2nc(-c3ccccc3)c(-c3ccccc3)n2)cc1)c1ccc(-n2nc(-c3ccccc3)c(-c3ccccc3)n2)cc1. The average molecular weight is 622 g/mol. The van der Waals surface area contributed by atoms with Crippen LogP contribution in [0.1, 0.15) is 0 Å². The van der Waals surface area contributed by atoms with Crippen LogP contribution in [-0.2, 0) is 0 Å². The van der Waals surface area contributed by atoms with Gasteiger partial charge in [-0.3, -0.25) is 0 Å². The van der Waals surface area contributed by atoms with Crippen molar-refractivity contribution < 1.29 is 0 Å². The lowest BCUT2D eigenvalue weighted by Gasteiger charge is -2.20. The fraction of sp³-hybridized carbons (Fsp3) is 0.0244. The van der Waals surface area contributed by atoms with Gasteiger partial charge >= 0.3 is 0 Å². The van der Waals surface area contributed by atoms with Gasteiger partial charge in [-0.05, 0) is 48.5 Å². The van der Waals surface area contributed by atoms with Gasteiger partial charge in [0.05, 0.1) is 11.4 Å². The van der Waals surface area contributed by atoms with Gasteiger partial charge in [0, 0.05) is 40.7 Å². The van der Waals surface area contributed by atoms with Gasteiger partial charge in [-0.15, -0.1) is 20.4 Å². The van der Waals surface area contributed by atoms with E-state index in [4.69, 9.17) is 20.4 Å². The first kappa shape index (κ1) is 28.8. The van der Waals surface area contributed by atoms with Crippen molar-refractivity contribution in [2.45, 2.75) is 0 Å². The molecule has 0 saturated heterocycles. The first-order chi connectivity index (χ1) is 23.7. The summed E-state index contributed by atoms with van der Waals surface area (Å²) in [6, 6.07) is 57.3. The topological polar surface area (TPSA) is 64.7 Å². The number of aromatic nitrogens is 6. The Kier molecular flexibility index (Phi) is 7.60. The molecule has 0 aliphatic rings. The molecular formula is C41H31N7. The molecule has 0 N–H and O–H groups in total. The number of rotatable bonds is 8. The predicted molar refractivity (Wildman–Crippen MR) is 193 cm³/mol. The normalized spacial score (nSPS) is 11.0. The minimum atomic E-state index is 0.849. The van der Waals surface area contributed by atoms with Crippen LogP contribution in [0.2, 0.25) is 0 Å². The molecule has 48 heavy (non-hydrogen) atoms. The Hall–Kier alpha value is -6.60. The van der Waals surface area contributed by atoms with Crippen molar-refractivity contribution in [3.63, 3.8) is 0 Å². The van der Waals surface area contributed by atoms with Crippen molar-refractivity contribution in [3.8, 4) is 56.4 Å². The van der Waals surface area contributed by atoms with E-state index in [1.165, 1.54) is 0 Å². The molecule has 0 saturated carbocycles.